The topological polar surface area (TPSA) is 67.1 Å². The van der Waals surface area contributed by atoms with Gasteiger partial charge in [0.25, 0.3) is 5.91 Å². The van der Waals surface area contributed by atoms with Crippen molar-refractivity contribution in [3.8, 4) is 0 Å². The minimum atomic E-state index is -0.379. The second-order valence-electron chi connectivity index (χ2n) is 4.73. The smallest absolute Gasteiger partial charge is 0.251 e. The molecule has 4 N–H and O–H groups in total. The standard InChI is InChI=1S/C15H15N3O/c1-9-7-12-13(8-11(9)16)17-14(15(19)18-12)10-5-3-2-4-6-10/h2-8,14,17H,16H2,1H3,(H,18,19). The van der Waals surface area contributed by atoms with Crippen LogP contribution >= 0.6 is 0 Å². The molecule has 1 heterocycles. The Morgan fingerprint density at radius 1 is 1.11 bits per heavy atom. The number of anilines is 3. The third kappa shape index (κ3) is 2.01. The maximum absolute atomic E-state index is 12.1. The van der Waals surface area contributed by atoms with E-state index in [0.717, 1.165) is 22.5 Å². The van der Waals surface area contributed by atoms with Crippen molar-refractivity contribution in [2.45, 2.75) is 13.0 Å². The first-order chi connectivity index (χ1) is 9.15. The zero-order valence-electron chi connectivity index (χ0n) is 10.6. The number of carbonyl (C=O) groups excluding carboxylic acids is 1. The van der Waals surface area contributed by atoms with Gasteiger partial charge in [-0.3, -0.25) is 4.79 Å². The van der Waals surface area contributed by atoms with Crippen molar-refractivity contribution in [3.63, 3.8) is 0 Å². The van der Waals surface area contributed by atoms with E-state index in [-0.39, 0.29) is 11.9 Å². The van der Waals surface area contributed by atoms with Gasteiger partial charge in [-0.25, -0.2) is 0 Å². The fraction of sp³-hybridized carbons (Fsp3) is 0.133. The molecule has 0 spiro atoms. The van der Waals surface area contributed by atoms with Crippen LogP contribution in [0.1, 0.15) is 17.2 Å². The highest BCUT2D eigenvalue weighted by molar-refractivity contribution is 6.04. The number of aryl methyl sites for hydroxylation is 1. The molecule has 1 unspecified atom stereocenters. The first-order valence-electron chi connectivity index (χ1n) is 6.17. The molecular weight excluding hydrogens is 238 g/mol. The number of hydrogen-bond acceptors (Lipinski definition) is 3. The Hall–Kier alpha value is -2.49. The molecule has 1 aliphatic rings. The number of amides is 1. The van der Waals surface area contributed by atoms with E-state index in [2.05, 4.69) is 10.6 Å². The zero-order valence-corrected chi connectivity index (χ0v) is 10.6. The van der Waals surface area contributed by atoms with Crippen molar-refractivity contribution < 1.29 is 4.79 Å². The lowest BCUT2D eigenvalue weighted by molar-refractivity contribution is -0.117. The average Bonchev–Trinajstić information content (AvgIpc) is 2.41. The highest BCUT2D eigenvalue weighted by atomic mass is 16.2. The molecule has 0 fully saturated rings. The van der Waals surface area contributed by atoms with Crippen molar-refractivity contribution in [1.29, 1.82) is 0 Å². The summed E-state index contributed by atoms with van der Waals surface area (Å²) in [6.45, 7) is 1.92. The predicted molar refractivity (Wildman–Crippen MR) is 77.0 cm³/mol. The molecule has 0 radical (unpaired) electrons. The lowest BCUT2D eigenvalue weighted by atomic mass is 10.0. The third-order valence-corrected chi connectivity index (χ3v) is 3.36. The minimum absolute atomic E-state index is 0.0529. The number of rotatable bonds is 1. The van der Waals surface area contributed by atoms with Crippen LogP contribution in [0.5, 0.6) is 0 Å². The van der Waals surface area contributed by atoms with Gasteiger partial charge in [-0.2, -0.15) is 0 Å². The number of nitrogens with one attached hydrogen (secondary N) is 2. The average molecular weight is 253 g/mol. The molecule has 0 bridgehead atoms. The van der Waals surface area contributed by atoms with Gasteiger partial charge < -0.3 is 16.4 Å². The van der Waals surface area contributed by atoms with Crippen LogP contribution in [0, 0.1) is 6.92 Å². The van der Waals surface area contributed by atoms with E-state index in [1.54, 1.807) is 0 Å². The highest BCUT2D eigenvalue weighted by Crippen LogP contribution is 2.35. The van der Waals surface area contributed by atoms with E-state index < -0.39 is 0 Å². The highest BCUT2D eigenvalue weighted by Gasteiger charge is 2.27. The van der Waals surface area contributed by atoms with E-state index in [1.807, 2.05) is 49.4 Å². The maximum Gasteiger partial charge on any atom is 0.251 e. The number of hydrogen-bond donors (Lipinski definition) is 3. The van der Waals surface area contributed by atoms with Crippen molar-refractivity contribution >= 4 is 23.0 Å². The fourth-order valence-corrected chi connectivity index (χ4v) is 2.25. The molecule has 0 aromatic heterocycles. The second kappa shape index (κ2) is 4.31. The Morgan fingerprint density at radius 3 is 2.58 bits per heavy atom. The number of benzene rings is 2. The van der Waals surface area contributed by atoms with Crippen LogP contribution in [-0.2, 0) is 4.79 Å². The summed E-state index contributed by atoms with van der Waals surface area (Å²) in [5, 5.41) is 6.16. The largest absolute Gasteiger partial charge is 0.398 e. The van der Waals surface area contributed by atoms with Gasteiger partial charge >= 0.3 is 0 Å². The molecule has 1 atom stereocenters. The quantitative estimate of drug-likeness (QED) is 0.684. The van der Waals surface area contributed by atoms with E-state index in [4.69, 9.17) is 5.73 Å². The summed E-state index contributed by atoms with van der Waals surface area (Å²) in [6.07, 6.45) is 0. The minimum Gasteiger partial charge on any atom is -0.398 e. The van der Waals surface area contributed by atoms with E-state index in [0.29, 0.717) is 5.69 Å². The molecule has 0 saturated heterocycles. The summed E-state index contributed by atoms with van der Waals surface area (Å²) in [5.41, 5.74) is 10.2. The van der Waals surface area contributed by atoms with Gasteiger partial charge in [0.1, 0.15) is 6.04 Å². The molecule has 0 saturated carbocycles. The molecule has 1 amide bonds. The molecule has 2 aromatic carbocycles. The van der Waals surface area contributed by atoms with Crippen molar-refractivity contribution in [2.75, 3.05) is 16.4 Å². The Labute approximate surface area is 111 Å². The Balaban J connectivity index is 2.00. The lowest BCUT2D eigenvalue weighted by Crippen LogP contribution is -2.32. The summed E-state index contributed by atoms with van der Waals surface area (Å²) < 4.78 is 0. The number of nitrogen functional groups attached to an aromatic ring is 1. The first kappa shape index (κ1) is 11.6. The molecule has 3 rings (SSSR count). The lowest BCUT2D eigenvalue weighted by Gasteiger charge is -2.27. The summed E-state index contributed by atoms with van der Waals surface area (Å²) in [4.78, 5) is 12.1. The molecule has 1 aliphatic heterocycles. The fourth-order valence-electron chi connectivity index (χ4n) is 2.25. The van der Waals surface area contributed by atoms with Crippen LogP contribution in [0.25, 0.3) is 0 Å². The van der Waals surface area contributed by atoms with Crippen molar-refractivity contribution in [2.24, 2.45) is 0 Å². The number of nitrogens with two attached hydrogens (primary N) is 1. The number of fused-ring (bicyclic) bond motifs is 1. The van der Waals surface area contributed by atoms with E-state index in [1.165, 1.54) is 0 Å². The predicted octanol–water partition coefficient (Wildman–Crippen LogP) is 2.68. The van der Waals surface area contributed by atoms with E-state index in [9.17, 15) is 4.79 Å². The number of carbonyl (C=O) groups is 1. The zero-order chi connectivity index (χ0) is 13.4. The first-order valence-corrected chi connectivity index (χ1v) is 6.17. The van der Waals surface area contributed by atoms with Crippen molar-refractivity contribution in [1.82, 2.24) is 0 Å². The van der Waals surface area contributed by atoms with Crippen LogP contribution in [0.3, 0.4) is 0 Å². The van der Waals surface area contributed by atoms with Crippen LogP contribution < -0.4 is 16.4 Å². The van der Waals surface area contributed by atoms with Gasteiger partial charge in [-0.1, -0.05) is 30.3 Å². The van der Waals surface area contributed by atoms with Crippen LogP contribution in [0.4, 0.5) is 17.1 Å². The van der Waals surface area contributed by atoms with Gasteiger partial charge in [0, 0.05) is 5.69 Å². The molecule has 4 heteroatoms. The van der Waals surface area contributed by atoms with Crippen LogP contribution in [0.15, 0.2) is 42.5 Å². The summed E-state index contributed by atoms with van der Waals surface area (Å²) in [5.74, 6) is -0.0529. The van der Waals surface area contributed by atoms with Gasteiger partial charge in [0.15, 0.2) is 0 Å². The Kier molecular flexibility index (Phi) is 2.63. The van der Waals surface area contributed by atoms with Crippen molar-refractivity contribution in [3.05, 3.63) is 53.6 Å². The monoisotopic (exact) mass is 253 g/mol. The Morgan fingerprint density at radius 2 is 1.84 bits per heavy atom. The SMILES string of the molecule is Cc1cc2c(cc1N)NC(c1ccccc1)C(=O)N2. The van der Waals surface area contributed by atoms with Gasteiger partial charge in [-0.05, 0) is 30.2 Å². The molecule has 2 aromatic rings. The van der Waals surface area contributed by atoms with Gasteiger partial charge in [0.05, 0.1) is 11.4 Å². The van der Waals surface area contributed by atoms with Crippen LogP contribution in [0.2, 0.25) is 0 Å². The summed E-state index contributed by atoms with van der Waals surface area (Å²) in [6, 6.07) is 13.0. The molecule has 19 heavy (non-hydrogen) atoms. The molecule has 96 valence electrons. The summed E-state index contributed by atoms with van der Waals surface area (Å²) in [7, 11) is 0. The van der Waals surface area contributed by atoms with Crippen LogP contribution in [-0.4, -0.2) is 5.91 Å². The molecule has 4 nitrogen and oxygen atoms in total. The van der Waals surface area contributed by atoms with Gasteiger partial charge in [0.2, 0.25) is 0 Å². The summed E-state index contributed by atoms with van der Waals surface area (Å²) >= 11 is 0. The normalized spacial score (nSPS) is 17.3. The molecule has 0 aliphatic carbocycles. The third-order valence-electron chi connectivity index (χ3n) is 3.36. The second-order valence-corrected chi connectivity index (χ2v) is 4.73. The Bertz CT molecular complexity index is 637. The van der Waals surface area contributed by atoms with Gasteiger partial charge in [-0.15, -0.1) is 0 Å². The molecular formula is C15H15N3O. The maximum atomic E-state index is 12.1. The van der Waals surface area contributed by atoms with E-state index >= 15 is 0 Å².